The fraction of sp³-hybridized carbons (Fsp3) is 0.192. The van der Waals surface area contributed by atoms with Gasteiger partial charge in [-0.2, -0.15) is 13.2 Å². The first-order chi connectivity index (χ1) is 20.3. The van der Waals surface area contributed by atoms with Gasteiger partial charge in [-0.25, -0.2) is 22.4 Å². The SMILES string of the molecule is Cn1c(=O)n(CC(F)F)c2cc(Nc3nnnc4c(C(F)(F)F)cc(F)cc34)c3c(c21)C(=O)N[C@@H]3c1cc(F)ccc1Cl. The third-order valence-electron chi connectivity index (χ3n) is 7.02. The number of hydrogen-bond donors (Lipinski definition) is 2. The highest BCUT2D eigenvalue weighted by molar-refractivity contribution is 6.31. The van der Waals surface area contributed by atoms with E-state index < -0.39 is 70.7 Å². The Balaban J connectivity index is 1.67. The summed E-state index contributed by atoms with van der Waals surface area (Å²) >= 11 is 6.33. The average molecular weight is 626 g/mol. The number of aromatic nitrogens is 5. The van der Waals surface area contributed by atoms with Crippen LogP contribution in [0.25, 0.3) is 21.9 Å². The summed E-state index contributed by atoms with van der Waals surface area (Å²) < 4.78 is 98.4. The molecule has 6 rings (SSSR count). The van der Waals surface area contributed by atoms with Crippen LogP contribution in [0.1, 0.15) is 33.1 Å². The molecule has 0 spiro atoms. The highest BCUT2D eigenvalue weighted by atomic mass is 35.5. The molecule has 0 aliphatic carbocycles. The number of aryl methyl sites for hydroxylation is 1. The molecule has 17 heteroatoms. The number of hydrogen-bond acceptors (Lipinski definition) is 6. The summed E-state index contributed by atoms with van der Waals surface area (Å²) in [4.78, 5) is 26.4. The number of alkyl halides is 5. The summed E-state index contributed by atoms with van der Waals surface area (Å²) in [6.07, 6.45) is -7.99. The van der Waals surface area contributed by atoms with E-state index in [-0.39, 0.29) is 44.5 Å². The number of rotatable bonds is 5. The number of fused-ring (bicyclic) bond motifs is 4. The lowest BCUT2D eigenvalue weighted by Crippen LogP contribution is -2.25. The van der Waals surface area contributed by atoms with Crippen molar-refractivity contribution >= 4 is 50.9 Å². The van der Waals surface area contributed by atoms with Crippen molar-refractivity contribution in [1.29, 1.82) is 0 Å². The first-order valence-corrected chi connectivity index (χ1v) is 12.6. The number of carbonyl (C=O) groups excluding carboxylic acids is 1. The Morgan fingerprint density at radius 2 is 1.81 bits per heavy atom. The van der Waals surface area contributed by atoms with E-state index in [0.29, 0.717) is 0 Å². The van der Waals surface area contributed by atoms with E-state index >= 15 is 0 Å². The van der Waals surface area contributed by atoms with Gasteiger partial charge in [-0.1, -0.05) is 11.6 Å². The van der Waals surface area contributed by atoms with Crippen LogP contribution in [0.2, 0.25) is 5.02 Å². The zero-order valence-electron chi connectivity index (χ0n) is 21.4. The Morgan fingerprint density at radius 3 is 2.51 bits per heavy atom. The number of halogens is 8. The molecule has 3 aromatic carbocycles. The Bertz CT molecular complexity index is 2040. The van der Waals surface area contributed by atoms with Crippen molar-refractivity contribution in [2.75, 3.05) is 5.32 Å². The molecule has 2 N–H and O–H groups in total. The minimum Gasteiger partial charge on any atom is -0.341 e. The van der Waals surface area contributed by atoms with Crippen molar-refractivity contribution in [2.24, 2.45) is 7.05 Å². The molecule has 9 nitrogen and oxygen atoms in total. The maximum Gasteiger partial charge on any atom is 0.418 e. The first-order valence-electron chi connectivity index (χ1n) is 12.2. The van der Waals surface area contributed by atoms with E-state index in [4.69, 9.17) is 11.6 Å². The molecule has 0 radical (unpaired) electrons. The summed E-state index contributed by atoms with van der Waals surface area (Å²) in [7, 11) is 1.26. The van der Waals surface area contributed by atoms with Crippen molar-refractivity contribution in [2.45, 2.75) is 25.2 Å². The second kappa shape index (κ2) is 9.93. The summed E-state index contributed by atoms with van der Waals surface area (Å²) in [5.74, 6) is -3.21. The Morgan fingerprint density at radius 1 is 1.07 bits per heavy atom. The third kappa shape index (κ3) is 4.61. The molecule has 0 saturated heterocycles. The fourth-order valence-corrected chi connectivity index (χ4v) is 5.51. The van der Waals surface area contributed by atoms with Gasteiger partial charge in [-0.3, -0.25) is 13.9 Å². The largest absolute Gasteiger partial charge is 0.418 e. The standard InChI is InChI=1S/C26H15ClF7N7O2/c1-40-22-16(41(25(40)43)8-17(30)31)7-15(18-19(22)24(42)36-21(18)11-4-9(28)2-3-14(11)27)35-23-12-5-10(29)6-13(26(32,33)34)20(12)37-39-38-23/h2-7,17,21H,8H2,1H3,(H,36,42)(H,35,37,38)/t21-/m1/s1. The van der Waals surface area contributed by atoms with Crippen molar-refractivity contribution in [1.82, 2.24) is 29.9 Å². The number of imidazole rings is 1. The third-order valence-corrected chi connectivity index (χ3v) is 7.37. The molecule has 5 aromatic rings. The highest BCUT2D eigenvalue weighted by Gasteiger charge is 2.39. The zero-order valence-corrected chi connectivity index (χ0v) is 22.2. The topological polar surface area (TPSA) is 107 Å². The van der Waals surface area contributed by atoms with E-state index in [1.54, 1.807) is 0 Å². The van der Waals surface area contributed by atoms with E-state index in [2.05, 4.69) is 26.0 Å². The molecule has 1 amide bonds. The second-order valence-corrected chi connectivity index (χ2v) is 10.0. The minimum atomic E-state index is -5.02. The maximum absolute atomic E-state index is 14.4. The molecule has 0 unspecified atom stereocenters. The molecular weight excluding hydrogens is 611 g/mol. The minimum absolute atomic E-state index is 0.0285. The van der Waals surface area contributed by atoms with Crippen LogP contribution in [0, 0.1) is 11.6 Å². The zero-order chi connectivity index (χ0) is 31.0. The van der Waals surface area contributed by atoms with E-state index in [1.165, 1.54) is 19.2 Å². The summed E-state index contributed by atoms with van der Waals surface area (Å²) in [6.45, 7) is -1.05. The molecule has 1 aliphatic heterocycles. The van der Waals surface area contributed by atoms with Crippen LogP contribution in [-0.4, -0.2) is 36.9 Å². The van der Waals surface area contributed by atoms with Crippen LogP contribution in [0.5, 0.6) is 0 Å². The lowest BCUT2D eigenvalue weighted by molar-refractivity contribution is -0.136. The quantitative estimate of drug-likeness (QED) is 0.251. The monoisotopic (exact) mass is 625 g/mol. The van der Waals surface area contributed by atoms with E-state index in [1.807, 2.05) is 0 Å². The maximum atomic E-state index is 14.4. The predicted octanol–water partition coefficient (Wildman–Crippen LogP) is 5.47. The molecule has 2 aromatic heterocycles. The van der Waals surface area contributed by atoms with Crippen LogP contribution in [0.4, 0.5) is 42.2 Å². The molecule has 1 aliphatic rings. The van der Waals surface area contributed by atoms with Gasteiger partial charge in [-0.15, -0.1) is 10.2 Å². The average Bonchev–Trinajstić information content (AvgIpc) is 3.38. The predicted molar refractivity (Wildman–Crippen MR) is 139 cm³/mol. The Labute approximate surface area is 239 Å². The number of nitrogens with zero attached hydrogens (tertiary/aromatic N) is 5. The van der Waals surface area contributed by atoms with Crippen molar-refractivity contribution in [3.8, 4) is 0 Å². The van der Waals surface area contributed by atoms with E-state index in [9.17, 15) is 40.3 Å². The lowest BCUT2D eigenvalue weighted by atomic mass is 9.95. The first kappa shape index (κ1) is 28.4. The molecule has 3 heterocycles. The van der Waals surface area contributed by atoms with Crippen LogP contribution < -0.4 is 16.3 Å². The molecular formula is C26H15ClF7N7O2. The Kier molecular flexibility index (Phi) is 6.56. The molecule has 0 fully saturated rings. The normalized spacial score (nSPS) is 15.0. The number of anilines is 2. The van der Waals surface area contributed by atoms with Crippen LogP contribution >= 0.6 is 11.6 Å². The highest BCUT2D eigenvalue weighted by Crippen LogP contribution is 2.44. The van der Waals surface area contributed by atoms with Gasteiger partial charge in [0.05, 0.1) is 40.1 Å². The van der Waals surface area contributed by atoms with Crippen LogP contribution in [-0.2, 0) is 19.8 Å². The van der Waals surface area contributed by atoms with Crippen LogP contribution in [0.15, 0.2) is 41.2 Å². The molecule has 0 saturated carbocycles. The van der Waals surface area contributed by atoms with Gasteiger partial charge in [0.2, 0.25) is 0 Å². The number of amides is 1. The number of carbonyl (C=O) groups is 1. The van der Waals surface area contributed by atoms with Gasteiger partial charge >= 0.3 is 11.9 Å². The van der Waals surface area contributed by atoms with Crippen LogP contribution in [0.3, 0.4) is 0 Å². The van der Waals surface area contributed by atoms with Crippen molar-refractivity contribution in [3.05, 3.63) is 85.8 Å². The molecule has 0 bridgehead atoms. The van der Waals surface area contributed by atoms with Crippen molar-refractivity contribution < 1.29 is 35.5 Å². The van der Waals surface area contributed by atoms with Gasteiger partial charge in [0.25, 0.3) is 12.3 Å². The van der Waals surface area contributed by atoms with Crippen molar-refractivity contribution in [3.63, 3.8) is 0 Å². The Hall–Kier alpha value is -4.73. The summed E-state index contributed by atoms with van der Waals surface area (Å²) in [6, 6.07) is 4.34. The van der Waals surface area contributed by atoms with Gasteiger partial charge in [0.1, 0.15) is 17.2 Å². The number of nitrogens with one attached hydrogen (secondary N) is 2. The lowest BCUT2D eigenvalue weighted by Gasteiger charge is -2.19. The van der Waals surface area contributed by atoms with Gasteiger partial charge in [0.15, 0.2) is 5.82 Å². The number of benzene rings is 3. The summed E-state index contributed by atoms with van der Waals surface area (Å²) in [5, 5.41) is 15.4. The fourth-order valence-electron chi connectivity index (χ4n) is 5.28. The smallest absolute Gasteiger partial charge is 0.341 e. The van der Waals surface area contributed by atoms with Gasteiger partial charge in [-0.05, 0) is 41.6 Å². The van der Waals surface area contributed by atoms with Gasteiger partial charge < -0.3 is 10.6 Å². The second-order valence-electron chi connectivity index (χ2n) is 9.61. The molecule has 222 valence electrons. The summed E-state index contributed by atoms with van der Waals surface area (Å²) in [5.41, 5.74) is -3.45. The molecule has 1 atom stereocenters. The van der Waals surface area contributed by atoms with Gasteiger partial charge in [0, 0.05) is 28.9 Å². The molecule has 43 heavy (non-hydrogen) atoms. The van der Waals surface area contributed by atoms with E-state index in [0.717, 1.165) is 27.3 Å².